The minimum Gasteiger partial charge on any atom is -0.413 e. The highest BCUT2D eigenvalue weighted by Crippen LogP contribution is 2.66. The zero-order valence-electron chi connectivity index (χ0n) is 19.6. The zero-order chi connectivity index (χ0) is 20.5. The molecule has 4 unspecified atom stereocenters. The number of hydrogen-bond acceptors (Lipinski definition) is 2. The van der Waals surface area contributed by atoms with Crippen LogP contribution in [0.4, 0.5) is 0 Å². The van der Waals surface area contributed by atoms with Gasteiger partial charge in [0, 0.05) is 12.8 Å². The first-order valence-corrected chi connectivity index (χ1v) is 15.0. The second-order valence-corrected chi connectivity index (χ2v) is 17.6. The molecule has 7 atom stereocenters. The molecule has 0 amide bonds. The standard InChI is InChI=1S/C25H44O2Si/c1-23(2,3)28(6,7)27-22-11-10-20-19-9-8-17-16-18(26)12-14-24(17,4)21(19)13-15-25(20,22)5/h17,19-22H,8-16H2,1-7H3/t17?,19?,20?,21?,22-,24-,25-/m0/s1. The molecular formula is C25H44O2Si. The van der Waals surface area contributed by atoms with E-state index in [0.717, 1.165) is 37.0 Å². The summed E-state index contributed by atoms with van der Waals surface area (Å²) in [5.74, 6) is 3.77. The number of rotatable bonds is 2. The Kier molecular flexibility index (Phi) is 5.03. The zero-order valence-corrected chi connectivity index (χ0v) is 20.6. The quantitative estimate of drug-likeness (QED) is 0.464. The Bertz CT molecular complexity index is 635. The molecule has 160 valence electrons. The van der Waals surface area contributed by atoms with Crippen molar-refractivity contribution in [3.8, 4) is 0 Å². The molecule has 2 nitrogen and oxygen atoms in total. The summed E-state index contributed by atoms with van der Waals surface area (Å²) in [7, 11) is -1.72. The number of carbonyl (C=O) groups is 1. The lowest BCUT2D eigenvalue weighted by atomic mass is 9.45. The van der Waals surface area contributed by atoms with Crippen molar-refractivity contribution in [2.45, 2.75) is 117 Å². The topological polar surface area (TPSA) is 26.3 Å². The Morgan fingerprint density at radius 3 is 2.29 bits per heavy atom. The van der Waals surface area contributed by atoms with Gasteiger partial charge in [0.1, 0.15) is 5.78 Å². The van der Waals surface area contributed by atoms with Crippen LogP contribution in [0, 0.1) is 34.5 Å². The fraction of sp³-hybridized carbons (Fsp3) is 0.960. The van der Waals surface area contributed by atoms with Crippen LogP contribution in [-0.4, -0.2) is 20.2 Å². The van der Waals surface area contributed by atoms with E-state index in [9.17, 15) is 4.79 Å². The van der Waals surface area contributed by atoms with Crippen molar-refractivity contribution in [2.24, 2.45) is 34.5 Å². The molecule has 0 saturated heterocycles. The fourth-order valence-electron chi connectivity index (χ4n) is 7.72. The first kappa shape index (κ1) is 21.1. The Hall–Kier alpha value is -0.153. The van der Waals surface area contributed by atoms with Gasteiger partial charge in [-0.15, -0.1) is 0 Å². The van der Waals surface area contributed by atoms with Crippen LogP contribution in [0.2, 0.25) is 18.1 Å². The van der Waals surface area contributed by atoms with Crippen molar-refractivity contribution in [3.05, 3.63) is 0 Å². The molecule has 0 heterocycles. The van der Waals surface area contributed by atoms with Gasteiger partial charge < -0.3 is 4.43 Å². The summed E-state index contributed by atoms with van der Waals surface area (Å²) in [5.41, 5.74) is 0.806. The van der Waals surface area contributed by atoms with E-state index in [1.165, 1.54) is 38.5 Å². The van der Waals surface area contributed by atoms with Crippen molar-refractivity contribution in [3.63, 3.8) is 0 Å². The van der Waals surface area contributed by atoms with Gasteiger partial charge in [-0.1, -0.05) is 34.6 Å². The number of ketones is 1. The lowest BCUT2D eigenvalue weighted by Crippen LogP contribution is -2.55. The van der Waals surface area contributed by atoms with Crippen LogP contribution in [0.15, 0.2) is 0 Å². The average molecular weight is 405 g/mol. The molecule has 0 spiro atoms. The summed E-state index contributed by atoms with van der Waals surface area (Å²) in [6.45, 7) is 17.1. The molecule has 0 aromatic rings. The fourth-order valence-corrected chi connectivity index (χ4v) is 9.18. The van der Waals surface area contributed by atoms with E-state index in [1.807, 2.05) is 0 Å². The van der Waals surface area contributed by atoms with Crippen LogP contribution in [0.5, 0.6) is 0 Å². The third-order valence-corrected chi connectivity index (χ3v) is 15.1. The number of Topliss-reactive ketones (excluding diaryl/α,β-unsaturated/α-hetero) is 1. The third kappa shape index (κ3) is 3.09. The minimum absolute atomic E-state index is 0.290. The van der Waals surface area contributed by atoms with Gasteiger partial charge in [-0.05, 0) is 97.6 Å². The predicted octanol–water partition coefficient (Wildman–Crippen LogP) is 6.99. The third-order valence-electron chi connectivity index (χ3n) is 10.6. The van der Waals surface area contributed by atoms with Crippen LogP contribution in [-0.2, 0) is 9.22 Å². The Morgan fingerprint density at radius 2 is 1.61 bits per heavy atom. The molecule has 4 saturated carbocycles. The maximum absolute atomic E-state index is 12.1. The number of carbonyl (C=O) groups excluding carboxylic acids is 1. The summed E-state index contributed by atoms with van der Waals surface area (Å²) in [6.07, 6.45) is 11.4. The van der Waals surface area contributed by atoms with E-state index in [1.54, 1.807) is 0 Å². The average Bonchev–Trinajstić information content (AvgIpc) is 2.91. The maximum Gasteiger partial charge on any atom is 0.192 e. The van der Waals surface area contributed by atoms with E-state index in [-0.39, 0.29) is 0 Å². The molecule has 0 aromatic carbocycles. The summed E-state index contributed by atoms with van der Waals surface area (Å²) in [5, 5.41) is 0.290. The minimum atomic E-state index is -1.72. The van der Waals surface area contributed by atoms with E-state index in [4.69, 9.17) is 4.43 Å². The normalized spacial score (nSPS) is 46.7. The highest BCUT2D eigenvalue weighted by molar-refractivity contribution is 6.74. The first-order valence-electron chi connectivity index (χ1n) is 12.1. The van der Waals surface area contributed by atoms with Gasteiger partial charge in [0.05, 0.1) is 6.10 Å². The summed E-state index contributed by atoms with van der Waals surface area (Å²) < 4.78 is 7.06. The second kappa shape index (κ2) is 6.67. The summed E-state index contributed by atoms with van der Waals surface area (Å²) in [6, 6.07) is 0. The summed E-state index contributed by atoms with van der Waals surface area (Å²) >= 11 is 0. The van der Waals surface area contributed by atoms with Crippen molar-refractivity contribution in [1.82, 2.24) is 0 Å². The highest BCUT2D eigenvalue weighted by Gasteiger charge is 2.61. The Balaban J connectivity index is 1.55. The molecule has 4 aliphatic rings. The van der Waals surface area contributed by atoms with Gasteiger partial charge in [0.2, 0.25) is 0 Å². The van der Waals surface area contributed by atoms with Gasteiger partial charge in [0.25, 0.3) is 0 Å². The Labute approximate surface area is 174 Å². The van der Waals surface area contributed by atoms with Gasteiger partial charge in [0.15, 0.2) is 8.32 Å². The molecule has 3 heteroatoms. The molecule has 0 bridgehead atoms. The lowest BCUT2D eigenvalue weighted by Gasteiger charge is -2.60. The first-order chi connectivity index (χ1) is 12.9. The van der Waals surface area contributed by atoms with E-state index < -0.39 is 8.32 Å². The molecule has 0 aromatic heterocycles. The van der Waals surface area contributed by atoms with Gasteiger partial charge in [-0.3, -0.25) is 4.79 Å². The summed E-state index contributed by atoms with van der Waals surface area (Å²) in [4.78, 5) is 12.1. The smallest absolute Gasteiger partial charge is 0.192 e. The van der Waals surface area contributed by atoms with Crippen molar-refractivity contribution in [2.75, 3.05) is 0 Å². The van der Waals surface area contributed by atoms with E-state index in [2.05, 4.69) is 47.7 Å². The second-order valence-electron chi connectivity index (χ2n) is 12.9. The molecule has 4 fully saturated rings. The molecular weight excluding hydrogens is 360 g/mol. The van der Waals surface area contributed by atoms with E-state index in [0.29, 0.717) is 33.7 Å². The molecule has 0 radical (unpaired) electrons. The van der Waals surface area contributed by atoms with Crippen LogP contribution in [0.3, 0.4) is 0 Å². The molecule has 4 rings (SSSR count). The molecule has 0 N–H and O–H groups in total. The van der Waals surface area contributed by atoms with Crippen molar-refractivity contribution in [1.29, 1.82) is 0 Å². The highest BCUT2D eigenvalue weighted by atomic mass is 28.4. The number of fused-ring (bicyclic) bond motifs is 5. The molecule has 4 aliphatic carbocycles. The van der Waals surface area contributed by atoms with E-state index >= 15 is 0 Å². The van der Waals surface area contributed by atoms with Crippen molar-refractivity contribution >= 4 is 14.1 Å². The maximum atomic E-state index is 12.1. The van der Waals surface area contributed by atoms with Crippen LogP contribution < -0.4 is 0 Å². The Morgan fingerprint density at radius 1 is 0.929 bits per heavy atom. The largest absolute Gasteiger partial charge is 0.413 e. The van der Waals surface area contributed by atoms with Gasteiger partial charge in [-0.25, -0.2) is 0 Å². The van der Waals surface area contributed by atoms with Crippen LogP contribution >= 0.6 is 0 Å². The lowest BCUT2D eigenvalue weighted by molar-refractivity contribution is -0.141. The van der Waals surface area contributed by atoms with Crippen LogP contribution in [0.1, 0.15) is 92.4 Å². The van der Waals surface area contributed by atoms with Crippen LogP contribution in [0.25, 0.3) is 0 Å². The monoisotopic (exact) mass is 404 g/mol. The van der Waals surface area contributed by atoms with Gasteiger partial charge >= 0.3 is 0 Å². The van der Waals surface area contributed by atoms with Crippen molar-refractivity contribution < 1.29 is 9.22 Å². The molecule has 28 heavy (non-hydrogen) atoms. The predicted molar refractivity (Wildman–Crippen MR) is 119 cm³/mol. The van der Waals surface area contributed by atoms with Gasteiger partial charge in [-0.2, -0.15) is 0 Å². The molecule has 0 aliphatic heterocycles. The number of hydrogen-bond donors (Lipinski definition) is 0. The SMILES string of the molecule is CC(C)(C)[Si](C)(C)O[C@H]1CCC2C3CCC4CC(=O)CC[C@]4(C)C3CC[C@@]21C.